The van der Waals surface area contributed by atoms with Crippen LogP contribution in [0.25, 0.3) is 0 Å². The Morgan fingerprint density at radius 3 is 2.46 bits per heavy atom. The summed E-state index contributed by atoms with van der Waals surface area (Å²) in [6, 6.07) is 7.48. The van der Waals surface area contributed by atoms with Crippen molar-refractivity contribution < 1.29 is 17.9 Å². The lowest BCUT2D eigenvalue weighted by Crippen LogP contribution is -2.44. The quantitative estimate of drug-likeness (QED) is 0.769. The van der Waals surface area contributed by atoms with Gasteiger partial charge in [0.2, 0.25) is 15.0 Å². The van der Waals surface area contributed by atoms with E-state index in [1.165, 1.54) is 10.9 Å². The number of carbonyl (C=O) groups excluding carboxylic acids is 1. The van der Waals surface area contributed by atoms with Crippen molar-refractivity contribution in [1.29, 1.82) is 0 Å². The van der Waals surface area contributed by atoms with Crippen LogP contribution in [0.3, 0.4) is 0 Å². The van der Waals surface area contributed by atoms with Gasteiger partial charge in [-0.05, 0) is 31.9 Å². The zero-order chi connectivity index (χ0) is 18.7. The molecule has 0 unspecified atom stereocenters. The molecule has 1 saturated heterocycles. The first kappa shape index (κ1) is 18.4. The molecular weight excluding hydrogens is 356 g/mol. The number of nitrogens with zero attached hydrogens (tertiary/aromatic N) is 4. The van der Waals surface area contributed by atoms with E-state index in [9.17, 15) is 13.2 Å². The summed E-state index contributed by atoms with van der Waals surface area (Å²) < 4.78 is 32.2. The van der Waals surface area contributed by atoms with Gasteiger partial charge in [0.1, 0.15) is 12.1 Å². The van der Waals surface area contributed by atoms with E-state index in [0.29, 0.717) is 31.7 Å². The number of amides is 1. The number of carbonyl (C=O) groups is 1. The molecule has 1 aliphatic rings. The van der Waals surface area contributed by atoms with E-state index < -0.39 is 15.1 Å². The Morgan fingerprint density at radius 2 is 1.88 bits per heavy atom. The van der Waals surface area contributed by atoms with Gasteiger partial charge in [-0.2, -0.15) is 0 Å². The Hall–Kier alpha value is -2.42. The van der Waals surface area contributed by atoms with Crippen LogP contribution < -0.4 is 4.74 Å². The molecule has 26 heavy (non-hydrogen) atoms. The zero-order valence-electron chi connectivity index (χ0n) is 14.8. The van der Waals surface area contributed by atoms with Gasteiger partial charge < -0.3 is 14.2 Å². The van der Waals surface area contributed by atoms with Gasteiger partial charge in [0.25, 0.3) is 5.91 Å². The summed E-state index contributed by atoms with van der Waals surface area (Å²) in [4.78, 5) is 14.0. The van der Waals surface area contributed by atoms with Crippen molar-refractivity contribution in [3.8, 4) is 5.75 Å². The molecule has 0 bridgehead atoms. The van der Waals surface area contributed by atoms with Crippen molar-refractivity contribution in [3.05, 3.63) is 36.2 Å². The third kappa shape index (κ3) is 3.87. The lowest BCUT2D eigenvalue weighted by atomic mass is 10.1. The Balaban J connectivity index is 1.54. The Morgan fingerprint density at radius 1 is 1.23 bits per heavy atom. The van der Waals surface area contributed by atoms with Gasteiger partial charge in [-0.25, -0.2) is 8.42 Å². The molecule has 1 aromatic heterocycles. The summed E-state index contributed by atoms with van der Waals surface area (Å²) in [6.07, 6.45) is 2.13. The van der Waals surface area contributed by atoms with Crippen LogP contribution in [0, 0.1) is 6.92 Å². The third-order valence-corrected chi connectivity index (χ3v) is 6.77. The molecule has 0 atom stereocenters. The van der Waals surface area contributed by atoms with Crippen LogP contribution in [-0.2, 0) is 21.7 Å². The maximum atomic E-state index is 12.6. The molecular formula is C17H22N4O4S. The molecule has 1 amide bonds. The van der Waals surface area contributed by atoms with E-state index in [4.69, 9.17) is 4.74 Å². The number of likely N-dealkylation sites (tertiary alicyclic amines) is 1. The monoisotopic (exact) mass is 378 g/mol. The first-order valence-electron chi connectivity index (χ1n) is 8.43. The van der Waals surface area contributed by atoms with E-state index in [-0.39, 0.29) is 17.7 Å². The second-order valence-corrected chi connectivity index (χ2v) is 8.57. The lowest BCUT2D eigenvalue weighted by Gasteiger charge is -2.31. The molecule has 8 nitrogen and oxygen atoms in total. The molecule has 2 aromatic rings. The highest BCUT2D eigenvalue weighted by atomic mass is 32.2. The van der Waals surface area contributed by atoms with E-state index >= 15 is 0 Å². The molecule has 0 saturated carbocycles. The van der Waals surface area contributed by atoms with E-state index in [0.717, 1.165) is 5.56 Å². The second kappa shape index (κ2) is 7.45. The summed E-state index contributed by atoms with van der Waals surface area (Å²) in [5.74, 6) is 0.503. The van der Waals surface area contributed by atoms with Gasteiger partial charge in [0.15, 0.2) is 6.61 Å². The van der Waals surface area contributed by atoms with Crippen molar-refractivity contribution in [2.45, 2.75) is 30.2 Å². The Bertz CT molecular complexity index is 868. The van der Waals surface area contributed by atoms with E-state index in [1.807, 2.05) is 31.2 Å². The largest absolute Gasteiger partial charge is 0.484 e. The highest BCUT2D eigenvalue weighted by Crippen LogP contribution is 2.23. The van der Waals surface area contributed by atoms with Crippen LogP contribution in [-0.4, -0.2) is 58.9 Å². The molecule has 9 heteroatoms. The number of sulfone groups is 1. The number of rotatable bonds is 5. The third-order valence-electron chi connectivity index (χ3n) is 4.54. The molecule has 0 N–H and O–H groups in total. The van der Waals surface area contributed by atoms with Gasteiger partial charge in [0, 0.05) is 20.1 Å². The topological polar surface area (TPSA) is 94.4 Å². The summed E-state index contributed by atoms with van der Waals surface area (Å²) in [5.41, 5.74) is 1.12. The maximum absolute atomic E-state index is 12.6. The van der Waals surface area contributed by atoms with Crippen LogP contribution in [0.5, 0.6) is 5.75 Å². The predicted octanol–water partition coefficient (Wildman–Crippen LogP) is 0.967. The number of hydrogen-bond donors (Lipinski definition) is 0. The molecule has 1 fully saturated rings. The number of aromatic nitrogens is 3. The summed E-state index contributed by atoms with van der Waals surface area (Å²) >= 11 is 0. The summed E-state index contributed by atoms with van der Waals surface area (Å²) in [6.45, 7) is 2.70. The van der Waals surface area contributed by atoms with Gasteiger partial charge >= 0.3 is 0 Å². The number of ether oxygens (including phenoxy) is 1. The van der Waals surface area contributed by atoms with Crippen molar-refractivity contribution in [2.75, 3.05) is 19.7 Å². The van der Waals surface area contributed by atoms with E-state index in [2.05, 4.69) is 10.2 Å². The molecule has 0 aliphatic carbocycles. The summed E-state index contributed by atoms with van der Waals surface area (Å²) in [7, 11) is -1.93. The summed E-state index contributed by atoms with van der Waals surface area (Å²) in [5, 5.41) is 6.78. The van der Waals surface area contributed by atoms with Crippen molar-refractivity contribution in [3.63, 3.8) is 0 Å². The number of benzene rings is 1. The van der Waals surface area contributed by atoms with Crippen LogP contribution in [0.4, 0.5) is 0 Å². The van der Waals surface area contributed by atoms with Gasteiger partial charge in [-0.1, -0.05) is 17.7 Å². The van der Waals surface area contributed by atoms with Crippen LogP contribution in [0.15, 0.2) is 35.7 Å². The van der Waals surface area contributed by atoms with Gasteiger partial charge in [-0.3, -0.25) is 4.79 Å². The molecule has 2 heterocycles. The minimum Gasteiger partial charge on any atom is -0.484 e. The maximum Gasteiger partial charge on any atom is 0.260 e. The second-order valence-electron chi connectivity index (χ2n) is 6.45. The van der Waals surface area contributed by atoms with Crippen LogP contribution in [0.1, 0.15) is 18.4 Å². The number of hydrogen-bond acceptors (Lipinski definition) is 6. The zero-order valence-corrected chi connectivity index (χ0v) is 15.6. The highest BCUT2D eigenvalue weighted by Gasteiger charge is 2.35. The Labute approximate surface area is 152 Å². The van der Waals surface area contributed by atoms with Crippen molar-refractivity contribution in [2.24, 2.45) is 7.05 Å². The normalized spacial score (nSPS) is 15.8. The molecule has 0 radical (unpaired) electrons. The fourth-order valence-corrected chi connectivity index (χ4v) is 4.70. The molecule has 1 aliphatic heterocycles. The first-order valence-corrected chi connectivity index (χ1v) is 9.97. The average Bonchev–Trinajstić information content (AvgIpc) is 3.08. The van der Waals surface area contributed by atoms with Gasteiger partial charge in [-0.15, -0.1) is 10.2 Å². The fourth-order valence-electron chi connectivity index (χ4n) is 2.97. The fraction of sp³-hybridized carbons (Fsp3) is 0.471. The first-order chi connectivity index (χ1) is 12.4. The number of aryl methyl sites for hydroxylation is 2. The SMILES string of the molecule is Cc1ccc(OCC(=O)N2CCC(S(=O)(=O)c3nncn3C)CC2)cc1. The molecule has 3 rings (SSSR count). The predicted molar refractivity (Wildman–Crippen MR) is 94.5 cm³/mol. The van der Waals surface area contributed by atoms with E-state index in [1.54, 1.807) is 11.9 Å². The lowest BCUT2D eigenvalue weighted by molar-refractivity contribution is -0.134. The standard InChI is InChI=1S/C17H22N4O4S/c1-13-3-5-14(6-4-13)25-11-16(22)21-9-7-15(8-10-21)26(23,24)17-19-18-12-20(17)2/h3-6,12,15H,7-11H2,1-2H3. The Kier molecular flexibility index (Phi) is 5.26. The highest BCUT2D eigenvalue weighted by molar-refractivity contribution is 7.91. The minimum atomic E-state index is -3.54. The average molecular weight is 378 g/mol. The van der Waals surface area contributed by atoms with Crippen molar-refractivity contribution in [1.82, 2.24) is 19.7 Å². The van der Waals surface area contributed by atoms with Crippen LogP contribution >= 0.6 is 0 Å². The molecule has 0 spiro atoms. The molecule has 140 valence electrons. The number of piperidine rings is 1. The van der Waals surface area contributed by atoms with Crippen molar-refractivity contribution >= 4 is 15.7 Å². The molecule has 1 aromatic carbocycles. The van der Waals surface area contributed by atoms with Gasteiger partial charge in [0.05, 0.1) is 5.25 Å². The van der Waals surface area contributed by atoms with Crippen LogP contribution in [0.2, 0.25) is 0 Å². The minimum absolute atomic E-state index is 0.0232. The smallest absolute Gasteiger partial charge is 0.260 e.